The Morgan fingerprint density at radius 2 is 2.38 bits per heavy atom. The molecule has 2 heterocycles. The Morgan fingerprint density at radius 3 is 3.15 bits per heavy atom. The molecule has 0 saturated carbocycles. The van der Waals surface area contributed by atoms with Crippen LogP contribution in [0.1, 0.15) is 10.5 Å². The van der Waals surface area contributed by atoms with Crippen LogP contribution in [0.2, 0.25) is 0 Å². The van der Waals surface area contributed by atoms with E-state index in [0.717, 1.165) is 5.52 Å². The number of nitrogens with one attached hydrogen (secondary N) is 1. The van der Waals surface area contributed by atoms with Crippen LogP contribution in [0.15, 0.2) is 30.7 Å². The summed E-state index contributed by atoms with van der Waals surface area (Å²) in [6, 6.07) is 5.50. The lowest BCUT2D eigenvalue weighted by Crippen LogP contribution is -2.30. The van der Waals surface area contributed by atoms with Gasteiger partial charge in [0, 0.05) is 6.20 Å². The van der Waals surface area contributed by atoms with Gasteiger partial charge in [-0.15, -0.1) is 0 Å². The summed E-state index contributed by atoms with van der Waals surface area (Å²) < 4.78 is 1.75. The van der Waals surface area contributed by atoms with E-state index < -0.39 is 0 Å². The van der Waals surface area contributed by atoms with Gasteiger partial charge in [0.2, 0.25) is 0 Å². The summed E-state index contributed by atoms with van der Waals surface area (Å²) in [7, 11) is 0. The summed E-state index contributed by atoms with van der Waals surface area (Å²) in [5, 5.41) is 0. The van der Waals surface area contributed by atoms with Crippen molar-refractivity contribution in [2.75, 3.05) is 0 Å². The van der Waals surface area contributed by atoms with Gasteiger partial charge >= 0.3 is 0 Å². The molecule has 5 nitrogen and oxygen atoms in total. The first-order valence-electron chi connectivity index (χ1n) is 3.75. The molecule has 0 aromatic carbocycles. The monoisotopic (exact) mass is 176 g/mol. The van der Waals surface area contributed by atoms with Crippen molar-refractivity contribution in [1.29, 1.82) is 0 Å². The molecular formula is C8H8N4O. The van der Waals surface area contributed by atoms with E-state index in [4.69, 9.17) is 5.84 Å². The molecule has 0 aliphatic carbocycles. The molecule has 0 atom stereocenters. The Balaban J connectivity index is 2.64. The average molecular weight is 176 g/mol. The third kappa shape index (κ3) is 1.15. The summed E-state index contributed by atoms with van der Waals surface area (Å²) >= 11 is 0. The molecule has 13 heavy (non-hydrogen) atoms. The van der Waals surface area contributed by atoms with Gasteiger partial charge in [0.25, 0.3) is 5.91 Å². The number of rotatable bonds is 1. The zero-order chi connectivity index (χ0) is 9.26. The largest absolute Gasteiger partial charge is 0.305 e. The van der Waals surface area contributed by atoms with Crippen LogP contribution in [0.25, 0.3) is 5.52 Å². The van der Waals surface area contributed by atoms with E-state index in [9.17, 15) is 4.79 Å². The molecule has 66 valence electrons. The number of amides is 1. The summed E-state index contributed by atoms with van der Waals surface area (Å²) in [5.74, 6) is 4.62. The van der Waals surface area contributed by atoms with Crippen molar-refractivity contribution < 1.29 is 4.79 Å². The minimum atomic E-state index is -0.381. The lowest BCUT2D eigenvalue weighted by molar-refractivity contribution is 0.0951. The lowest BCUT2D eigenvalue weighted by atomic mass is 10.3. The van der Waals surface area contributed by atoms with Crippen LogP contribution in [0.3, 0.4) is 0 Å². The number of hydrogen-bond acceptors (Lipinski definition) is 3. The first-order valence-corrected chi connectivity index (χ1v) is 3.75. The highest BCUT2D eigenvalue weighted by Gasteiger charge is 2.10. The molecule has 0 aliphatic rings. The Bertz CT molecular complexity index is 448. The first kappa shape index (κ1) is 7.75. The molecule has 0 fully saturated rings. The van der Waals surface area contributed by atoms with Crippen LogP contribution in [-0.4, -0.2) is 15.3 Å². The number of hydrazine groups is 1. The standard InChI is InChI=1S/C8H8N4O/c9-11-8(13)7-6-3-1-2-4-12(6)5-10-7/h1-5H,9H2,(H,11,13). The van der Waals surface area contributed by atoms with Gasteiger partial charge in [0.05, 0.1) is 5.52 Å². The van der Waals surface area contributed by atoms with E-state index >= 15 is 0 Å². The van der Waals surface area contributed by atoms with Crippen molar-refractivity contribution in [3.8, 4) is 0 Å². The predicted molar refractivity (Wildman–Crippen MR) is 46.8 cm³/mol. The summed E-state index contributed by atoms with van der Waals surface area (Å²) in [6.07, 6.45) is 3.38. The molecule has 0 radical (unpaired) electrons. The van der Waals surface area contributed by atoms with Crippen molar-refractivity contribution in [1.82, 2.24) is 14.8 Å². The molecular weight excluding hydrogens is 168 g/mol. The van der Waals surface area contributed by atoms with Gasteiger partial charge in [-0.25, -0.2) is 10.8 Å². The molecule has 0 aliphatic heterocycles. The molecule has 3 N–H and O–H groups in total. The number of imidazole rings is 1. The normalized spacial score (nSPS) is 10.2. The van der Waals surface area contributed by atoms with Gasteiger partial charge in [-0.3, -0.25) is 10.2 Å². The molecule has 0 bridgehead atoms. The molecule has 2 aromatic heterocycles. The fourth-order valence-corrected chi connectivity index (χ4v) is 1.19. The van der Waals surface area contributed by atoms with E-state index in [1.54, 1.807) is 16.8 Å². The number of carbonyl (C=O) groups is 1. The SMILES string of the molecule is NNC(=O)c1ncn2ccccc12. The number of nitrogen functional groups attached to an aromatic ring is 1. The van der Waals surface area contributed by atoms with Crippen molar-refractivity contribution >= 4 is 11.4 Å². The number of hydrogen-bond donors (Lipinski definition) is 2. The zero-order valence-corrected chi connectivity index (χ0v) is 6.77. The third-order valence-electron chi connectivity index (χ3n) is 1.79. The van der Waals surface area contributed by atoms with Crippen molar-refractivity contribution in [2.45, 2.75) is 0 Å². The number of pyridine rings is 1. The fraction of sp³-hybridized carbons (Fsp3) is 0. The van der Waals surface area contributed by atoms with Gasteiger partial charge in [0.15, 0.2) is 5.69 Å². The van der Waals surface area contributed by atoms with Crippen LogP contribution in [0.5, 0.6) is 0 Å². The molecule has 0 unspecified atom stereocenters. The smallest absolute Gasteiger partial charge is 0.286 e. The van der Waals surface area contributed by atoms with E-state index in [0.29, 0.717) is 5.69 Å². The Labute approximate surface area is 74.2 Å². The van der Waals surface area contributed by atoms with Gasteiger partial charge < -0.3 is 4.40 Å². The van der Waals surface area contributed by atoms with Gasteiger partial charge in [0.1, 0.15) is 6.33 Å². The summed E-state index contributed by atoms with van der Waals surface area (Å²) in [5.41, 5.74) is 3.12. The minimum Gasteiger partial charge on any atom is -0.305 e. The second-order valence-electron chi connectivity index (χ2n) is 2.56. The maximum atomic E-state index is 11.2. The van der Waals surface area contributed by atoms with Gasteiger partial charge in [-0.2, -0.15) is 0 Å². The van der Waals surface area contributed by atoms with Crippen LogP contribution in [0.4, 0.5) is 0 Å². The maximum absolute atomic E-state index is 11.2. The van der Waals surface area contributed by atoms with Crippen LogP contribution in [0, 0.1) is 0 Å². The Hall–Kier alpha value is -1.88. The molecule has 1 amide bonds. The zero-order valence-electron chi connectivity index (χ0n) is 6.77. The van der Waals surface area contributed by atoms with E-state index in [-0.39, 0.29) is 5.91 Å². The number of fused-ring (bicyclic) bond motifs is 1. The highest BCUT2D eigenvalue weighted by Crippen LogP contribution is 2.07. The molecule has 0 saturated heterocycles. The quantitative estimate of drug-likeness (QED) is 0.363. The molecule has 5 heteroatoms. The van der Waals surface area contributed by atoms with Crippen LogP contribution >= 0.6 is 0 Å². The average Bonchev–Trinajstić information content (AvgIpc) is 2.60. The lowest BCUT2D eigenvalue weighted by Gasteiger charge is -1.95. The highest BCUT2D eigenvalue weighted by molar-refractivity contribution is 5.98. The van der Waals surface area contributed by atoms with Crippen molar-refractivity contribution in [3.05, 3.63) is 36.4 Å². The summed E-state index contributed by atoms with van der Waals surface area (Å²) in [6.45, 7) is 0. The highest BCUT2D eigenvalue weighted by atomic mass is 16.2. The first-order chi connectivity index (χ1) is 6.33. The Kier molecular flexibility index (Phi) is 1.71. The van der Waals surface area contributed by atoms with Crippen LogP contribution in [-0.2, 0) is 0 Å². The fourth-order valence-electron chi connectivity index (χ4n) is 1.19. The second-order valence-corrected chi connectivity index (χ2v) is 2.56. The van der Waals surface area contributed by atoms with Crippen LogP contribution < -0.4 is 11.3 Å². The number of aromatic nitrogens is 2. The Morgan fingerprint density at radius 1 is 1.54 bits per heavy atom. The van der Waals surface area contributed by atoms with E-state index in [2.05, 4.69) is 4.98 Å². The number of nitrogens with zero attached hydrogens (tertiary/aromatic N) is 2. The molecule has 2 rings (SSSR count). The van der Waals surface area contributed by atoms with E-state index in [1.807, 2.05) is 23.8 Å². The van der Waals surface area contributed by atoms with Crippen molar-refractivity contribution in [3.63, 3.8) is 0 Å². The molecule has 2 aromatic rings. The van der Waals surface area contributed by atoms with Gasteiger partial charge in [-0.1, -0.05) is 6.07 Å². The van der Waals surface area contributed by atoms with Gasteiger partial charge in [-0.05, 0) is 12.1 Å². The predicted octanol–water partition coefficient (Wildman–Crippen LogP) is -0.0622. The minimum absolute atomic E-state index is 0.336. The van der Waals surface area contributed by atoms with E-state index in [1.165, 1.54) is 0 Å². The second kappa shape index (κ2) is 2.87. The molecule has 0 spiro atoms. The summed E-state index contributed by atoms with van der Waals surface area (Å²) in [4.78, 5) is 15.1. The third-order valence-corrected chi connectivity index (χ3v) is 1.79. The van der Waals surface area contributed by atoms with Crippen molar-refractivity contribution in [2.24, 2.45) is 5.84 Å². The topological polar surface area (TPSA) is 72.4 Å². The maximum Gasteiger partial charge on any atom is 0.286 e. The number of nitrogens with two attached hydrogens (primary N) is 1. The number of carbonyl (C=O) groups excluding carboxylic acids is 1.